The van der Waals surface area contributed by atoms with Gasteiger partial charge in [-0.25, -0.2) is 9.48 Å². The van der Waals surface area contributed by atoms with Gasteiger partial charge in [0.05, 0.1) is 17.8 Å². The van der Waals surface area contributed by atoms with Gasteiger partial charge in [-0.15, -0.1) is 0 Å². The fourth-order valence-electron chi connectivity index (χ4n) is 3.86. The quantitative estimate of drug-likeness (QED) is 0.479. The summed E-state index contributed by atoms with van der Waals surface area (Å²) in [5, 5.41) is 6.02. The monoisotopic (exact) mass is 476 g/mol. The van der Waals surface area contributed by atoms with Crippen LogP contribution in [-0.4, -0.2) is 85.4 Å². The molecule has 2 aromatic rings. The molecule has 1 aliphatic heterocycles. The van der Waals surface area contributed by atoms with E-state index in [4.69, 9.17) is 24.0 Å². The van der Waals surface area contributed by atoms with Gasteiger partial charge in [0, 0.05) is 45.8 Å². The molecule has 1 saturated heterocycles. The van der Waals surface area contributed by atoms with Crippen LogP contribution in [0.15, 0.2) is 18.2 Å². The number of likely N-dealkylation sites (N-methyl/N-ethyl adjacent to an activating group) is 2. The summed E-state index contributed by atoms with van der Waals surface area (Å²) < 4.78 is 24.4. The zero-order valence-electron chi connectivity index (χ0n) is 21.5. The molecule has 9 heteroatoms. The van der Waals surface area contributed by atoms with E-state index in [0.717, 1.165) is 48.2 Å². The van der Waals surface area contributed by atoms with E-state index < -0.39 is 5.60 Å². The lowest BCUT2D eigenvalue weighted by molar-refractivity contribution is -0.0370. The lowest BCUT2D eigenvalue weighted by atomic mass is 10.1. The molecule has 1 amide bonds. The van der Waals surface area contributed by atoms with Gasteiger partial charge in [-0.05, 0) is 65.3 Å². The smallest absolute Gasteiger partial charge is 0.410 e. The highest BCUT2D eigenvalue weighted by molar-refractivity contribution is 5.83. The zero-order chi connectivity index (χ0) is 24.7. The van der Waals surface area contributed by atoms with Crippen molar-refractivity contribution in [2.75, 3.05) is 54.1 Å². The van der Waals surface area contributed by atoms with Crippen LogP contribution in [0.2, 0.25) is 0 Å². The second-order valence-corrected chi connectivity index (χ2v) is 9.87. The Hall–Kier alpha value is -2.36. The summed E-state index contributed by atoms with van der Waals surface area (Å²) in [5.74, 6) is 0.794. The number of hydrogen-bond donors (Lipinski definition) is 0. The lowest BCUT2D eigenvalue weighted by Gasteiger charge is -2.26. The Morgan fingerprint density at radius 3 is 2.68 bits per heavy atom. The van der Waals surface area contributed by atoms with E-state index in [0.29, 0.717) is 32.8 Å². The molecule has 0 aliphatic carbocycles. The predicted octanol–water partition coefficient (Wildman–Crippen LogP) is 4.06. The van der Waals surface area contributed by atoms with Crippen LogP contribution >= 0.6 is 0 Å². The Bertz CT molecular complexity index is 933. The third-order valence-electron chi connectivity index (χ3n) is 5.68. The van der Waals surface area contributed by atoms with E-state index in [1.54, 1.807) is 19.1 Å². The van der Waals surface area contributed by atoms with Crippen molar-refractivity contribution < 1.29 is 23.7 Å². The van der Waals surface area contributed by atoms with Gasteiger partial charge in [0.2, 0.25) is 0 Å². The van der Waals surface area contributed by atoms with Crippen molar-refractivity contribution in [2.24, 2.45) is 0 Å². The standard InChI is InChI=1S/C25H40N4O5/c1-25(2,3)34-24(30)28(5)13-12-27(4)18-21-20-17-19(32-16-15-31-6)10-11-22(20)29(26-21)23-9-7-8-14-33-23/h10-11,17,23H,7-9,12-16,18H2,1-6H3. The normalized spacial score (nSPS) is 16.7. The van der Waals surface area contributed by atoms with Gasteiger partial charge in [0.1, 0.15) is 18.0 Å². The van der Waals surface area contributed by atoms with Crippen molar-refractivity contribution in [3.63, 3.8) is 0 Å². The average Bonchev–Trinajstić information content (AvgIpc) is 3.14. The molecule has 34 heavy (non-hydrogen) atoms. The van der Waals surface area contributed by atoms with E-state index in [9.17, 15) is 4.79 Å². The summed E-state index contributed by atoms with van der Waals surface area (Å²) in [6.45, 7) is 9.29. The van der Waals surface area contributed by atoms with Crippen molar-refractivity contribution in [1.29, 1.82) is 0 Å². The van der Waals surface area contributed by atoms with E-state index in [1.165, 1.54) is 0 Å². The maximum Gasteiger partial charge on any atom is 0.410 e. The van der Waals surface area contributed by atoms with E-state index in [2.05, 4.69) is 11.0 Å². The van der Waals surface area contributed by atoms with Gasteiger partial charge in [-0.2, -0.15) is 5.10 Å². The average molecular weight is 477 g/mol. The molecule has 3 rings (SSSR count). The Balaban J connectivity index is 1.73. The summed E-state index contributed by atoms with van der Waals surface area (Å²) in [7, 11) is 5.45. The number of carbonyl (C=O) groups is 1. The molecule has 190 valence electrons. The van der Waals surface area contributed by atoms with E-state index in [-0.39, 0.29) is 12.3 Å². The number of methoxy groups -OCH3 is 1. The van der Waals surface area contributed by atoms with Crippen LogP contribution in [0.3, 0.4) is 0 Å². The number of aromatic nitrogens is 2. The number of fused-ring (bicyclic) bond motifs is 1. The van der Waals surface area contributed by atoms with Crippen molar-refractivity contribution in [2.45, 2.75) is 58.4 Å². The van der Waals surface area contributed by atoms with Crippen LogP contribution in [0.25, 0.3) is 10.9 Å². The minimum atomic E-state index is -0.507. The van der Waals surface area contributed by atoms with Gasteiger partial charge in [-0.3, -0.25) is 4.90 Å². The number of hydrogen-bond acceptors (Lipinski definition) is 7. The first-order valence-corrected chi connectivity index (χ1v) is 12.0. The van der Waals surface area contributed by atoms with Crippen LogP contribution in [0.1, 0.15) is 52.0 Å². The molecule has 1 aliphatic rings. The van der Waals surface area contributed by atoms with E-state index >= 15 is 0 Å². The Morgan fingerprint density at radius 1 is 1.21 bits per heavy atom. The van der Waals surface area contributed by atoms with Gasteiger partial charge in [0.15, 0.2) is 6.23 Å². The van der Waals surface area contributed by atoms with Crippen molar-refractivity contribution in [3.8, 4) is 5.75 Å². The summed E-state index contributed by atoms with van der Waals surface area (Å²) in [6, 6.07) is 6.08. The van der Waals surface area contributed by atoms with Gasteiger partial charge >= 0.3 is 6.09 Å². The molecule has 1 fully saturated rings. The Kier molecular flexibility index (Phi) is 9.16. The van der Waals surface area contributed by atoms with Gasteiger partial charge in [-0.1, -0.05) is 0 Å². The van der Waals surface area contributed by atoms with Crippen LogP contribution in [0.4, 0.5) is 4.79 Å². The molecule has 1 unspecified atom stereocenters. The molecule has 1 atom stereocenters. The molecular weight excluding hydrogens is 436 g/mol. The summed E-state index contributed by atoms with van der Waals surface area (Å²) in [4.78, 5) is 16.0. The maximum atomic E-state index is 12.3. The number of benzene rings is 1. The molecule has 0 spiro atoms. The van der Waals surface area contributed by atoms with Gasteiger partial charge in [0.25, 0.3) is 0 Å². The second-order valence-electron chi connectivity index (χ2n) is 9.87. The largest absolute Gasteiger partial charge is 0.491 e. The molecule has 0 N–H and O–H groups in total. The number of amides is 1. The van der Waals surface area contributed by atoms with Gasteiger partial charge < -0.3 is 23.8 Å². The Morgan fingerprint density at radius 2 is 2.00 bits per heavy atom. The first-order valence-electron chi connectivity index (χ1n) is 12.0. The fraction of sp³-hybridized carbons (Fsp3) is 0.680. The molecule has 2 heterocycles. The highest BCUT2D eigenvalue weighted by Crippen LogP contribution is 2.31. The number of ether oxygens (including phenoxy) is 4. The highest BCUT2D eigenvalue weighted by atomic mass is 16.6. The first kappa shape index (κ1) is 26.2. The minimum Gasteiger partial charge on any atom is -0.491 e. The zero-order valence-corrected chi connectivity index (χ0v) is 21.5. The fourth-order valence-corrected chi connectivity index (χ4v) is 3.86. The minimum absolute atomic E-state index is 0.0473. The highest BCUT2D eigenvalue weighted by Gasteiger charge is 2.23. The summed E-state index contributed by atoms with van der Waals surface area (Å²) >= 11 is 0. The Labute approximate surface area is 202 Å². The van der Waals surface area contributed by atoms with Crippen molar-refractivity contribution in [3.05, 3.63) is 23.9 Å². The number of carbonyl (C=O) groups excluding carboxylic acids is 1. The second kappa shape index (κ2) is 11.9. The predicted molar refractivity (Wildman–Crippen MR) is 131 cm³/mol. The third-order valence-corrected chi connectivity index (χ3v) is 5.68. The molecular formula is C25H40N4O5. The lowest BCUT2D eigenvalue weighted by Crippen LogP contribution is -2.38. The van der Waals surface area contributed by atoms with Crippen LogP contribution < -0.4 is 4.74 Å². The molecule has 0 saturated carbocycles. The van der Waals surface area contributed by atoms with Crippen LogP contribution in [0.5, 0.6) is 5.75 Å². The number of rotatable bonds is 10. The SMILES string of the molecule is COCCOc1ccc2c(c1)c(CN(C)CCN(C)C(=O)OC(C)(C)C)nn2C1CCCCO1. The van der Waals surface area contributed by atoms with Crippen molar-refractivity contribution in [1.82, 2.24) is 19.6 Å². The first-order chi connectivity index (χ1) is 16.2. The van der Waals surface area contributed by atoms with E-state index in [1.807, 2.05) is 44.6 Å². The molecule has 1 aromatic heterocycles. The summed E-state index contributed by atoms with van der Waals surface area (Å²) in [6.07, 6.45) is 2.82. The molecule has 0 bridgehead atoms. The maximum absolute atomic E-state index is 12.3. The molecule has 0 radical (unpaired) electrons. The van der Waals surface area contributed by atoms with Crippen LogP contribution in [-0.2, 0) is 20.8 Å². The van der Waals surface area contributed by atoms with Crippen LogP contribution in [0, 0.1) is 0 Å². The van der Waals surface area contributed by atoms with Crippen molar-refractivity contribution >= 4 is 17.0 Å². The molecule has 1 aromatic carbocycles. The summed E-state index contributed by atoms with van der Waals surface area (Å²) in [5.41, 5.74) is 1.50. The topological polar surface area (TPSA) is 78.3 Å². The molecule has 9 nitrogen and oxygen atoms in total. The number of nitrogens with zero attached hydrogens (tertiary/aromatic N) is 4. The third kappa shape index (κ3) is 7.32.